The monoisotopic (exact) mass is 687 g/mol. The zero-order valence-electron chi connectivity index (χ0n) is 31.8. The van der Waals surface area contributed by atoms with Gasteiger partial charge in [-0.2, -0.15) is 0 Å². The smallest absolute Gasteiger partial charge is 0.127 e. The summed E-state index contributed by atoms with van der Waals surface area (Å²) in [5.41, 5.74) is 9.39. The third-order valence-corrected chi connectivity index (χ3v) is 20.5. The summed E-state index contributed by atoms with van der Waals surface area (Å²) in [6.45, 7) is 1.75. The van der Waals surface area contributed by atoms with Gasteiger partial charge in [0.2, 0.25) is 0 Å². The van der Waals surface area contributed by atoms with E-state index in [-0.39, 0.29) is 0 Å². The molecule has 16 aliphatic carbocycles. The molecule has 1 aliphatic heterocycles. The molecule has 17 aliphatic rings. The fraction of sp³-hybridized carbons (Fsp3) is 0.878. The van der Waals surface area contributed by atoms with Gasteiger partial charge in [0.25, 0.3) is 0 Å². The molecule has 17 fully saturated rings. The molecule has 1 saturated heterocycles. The lowest BCUT2D eigenvalue weighted by atomic mass is 9.41. The second-order valence-corrected chi connectivity index (χ2v) is 24.1. The molecule has 1 aromatic rings. The SMILES string of the molecule is c1c(C23CC4CC(CC(C4)C2)C3)c(C23CC4CC(CC(C4)C2)C3)c(OCC2CO2)c(C23CC4CC(CC(C4)C2)C3)c1C12CC3CC(CC(C3)C1)C2. The van der Waals surface area contributed by atoms with Crippen LogP contribution < -0.4 is 4.74 Å². The van der Waals surface area contributed by atoms with E-state index in [4.69, 9.17) is 9.47 Å². The molecule has 2 heteroatoms. The number of hydrogen-bond donors (Lipinski definition) is 0. The minimum Gasteiger partial charge on any atom is -0.490 e. The van der Waals surface area contributed by atoms with Crippen LogP contribution in [0.5, 0.6) is 5.75 Å². The van der Waals surface area contributed by atoms with E-state index in [1.807, 2.05) is 22.3 Å². The second kappa shape index (κ2) is 10.0. The highest BCUT2D eigenvalue weighted by Gasteiger charge is 2.62. The summed E-state index contributed by atoms with van der Waals surface area (Å²) >= 11 is 0. The maximum Gasteiger partial charge on any atom is 0.127 e. The van der Waals surface area contributed by atoms with Crippen LogP contribution in [0.1, 0.15) is 176 Å². The first-order chi connectivity index (χ1) is 24.9. The Bertz CT molecular complexity index is 1410. The molecule has 1 unspecified atom stereocenters. The van der Waals surface area contributed by atoms with Crippen molar-refractivity contribution in [3.8, 4) is 5.75 Å². The number of benzene rings is 1. The minimum absolute atomic E-state index is 0.338. The molecule has 0 spiro atoms. The number of rotatable bonds is 7. The first kappa shape index (κ1) is 30.2. The van der Waals surface area contributed by atoms with Crippen molar-refractivity contribution in [2.75, 3.05) is 13.2 Å². The van der Waals surface area contributed by atoms with Gasteiger partial charge in [0.1, 0.15) is 18.5 Å². The van der Waals surface area contributed by atoms with E-state index in [0.29, 0.717) is 27.8 Å². The Hall–Kier alpha value is -1.02. The summed E-state index contributed by atoms with van der Waals surface area (Å²) in [4.78, 5) is 0. The first-order valence-corrected chi connectivity index (χ1v) is 23.4. The van der Waals surface area contributed by atoms with Gasteiger partial charge in [-0.15, -0.1) is 0 Å². The Morgan fingerprint density at radius 2 is 0.667 bits per heavy atom. The summed E-state index contributed by atoms with van der Waals surface area (Å²) in [6, 6.07) is 3.20. The lowest BCUT2D eigenvalue weighted by molar-refractivity contribution is -0.0245. The van der Waals surface area contributed by atoms with E-state index in [1.54, 1.807) is 82.8 Å². The van der Waals surface area contributed by atoms with Crippen LogP contribution in [-0.2, 0) is 26.4 Å². The highest BCUT2D eigenvalue weighted by Crippen LogP contribution is 2.72. The Labute approximate surface area is 308 Å². The molecular weight excluding hydrogens is 621 g/mol. The molecule has 0 radical (unpaired) electrons. The Balaban J connectivity index is 1.07. The quantitative estimate of drug-likeness (QED) is 0.266. The number of epoxide rings is 1. The lowest BCUT2D eigenvalue weighted by Crippen LogP contribution is -2.55. The fourth-order valence-electron chi connectivity index (χ4n) is 20.7. The number of ether oxygens (including phenoxy) is 2. The zero-order valence-corrected chi connectivity index (χ0v) is 31.8. The van der Waals surface area contributed by atoms with E-state index >= 15 is 0 Å². The van der Waals surface area contributed by atoms with Crippen molar-refractivity contribution < 1.29 is 9.47 Å². The molecular formula is C49H66O2. The first-order valence-electron chi connectivity index (χ1n) is 23.4. The van der Waals surface area contributed by atoms with Crippen LogP contribution in [0.15, 0.2) is 6.07 Å². The van der Waals surface area contributed by atoms with Gasteiger partial charge in [-0.1, -0.05) is 6.07 Å². The van der Waals surface area contributed by atoms with Crippen molar-refractivity contribution in [2.24, 2.45) is 71.0 Å². The van der Waals surface area contributed by atoms with Crippen LogP contribution in [0.3, 0.4) is 0 Å². The molecule has 1 aromatic carbocycles. The van der Waals surface area contributed by atoms with Crippen molar-refractivity contribution in [1.29, 1.82) is 0 Å². The van der Waals surface area contributed by atoms with Crippen molar-refractivity contribution >= 4 is 0 Å². The van der Waals surface area contributed by atoms with Crippen LogP contribution in [0.4, 0.5) is 0 Å². The van der Waals surface area contributed by atoms with E-state index < -0.39 is 0 Å². The molecule has 274 valence electrons. The van der Waals surface area contributed by atoms with Crippen molar-refractivity contribution in [3.05, 3.63) is 28.3 Å². The third kappa shape index (κ3) is 4.28. The highest BCUT2D eigenvalue weighted by molar-refractivity contribution is 5.63. The largest absolute Gasteiger partial charge is 0.490 e. The Kier molecular flexibility index (Phi) is 5.95. The van der Waals surface area contributed by atoms with E-state index in [9.17, 15) is 0 Å². The highest BCUT2D eigenvalue weighted by atomic mass is 16.6. The zero-order chi connectivity index (χ0) is 32.9. The lowest BCUT2D eigenvalue weighted by Gasteiger charge is -2.63. The molecule has 1 atom stereocenters. The van der Waals surface area contributed by atoms with Crippen molar-refractivity contribution in [1.82, 2.24) is 0 Å². The summed E-state index contributed by atoms with van der Waals surface area (Å²) in [6.07, 6.45) is 37.0. The summed E-state index contributed by atoms with van der Waals surface area (Å²) in [5.74, 6) is 13.4. The average molecular weight is 687 g/mol. The molecule has 0 amide bonds. The molecule has 0 N–H and O–H groups in total. The molecule has 18 rings (SSSR count). The van der Waals surface area contributed by atoms with Gasteiger partial charge in [-0.25, -0.2) is 0 Å². The van der Waals surface area contributed by atoms with Gasteiger partial charge in [-0.3, -0.25) is 0 Å². The van der Waals surface area contributed by atoms with Crippen LogP contribution in [0.25, 0.3) is 0 Å². The number of hydrogen-bond acceptors (Lipinski definition) is 2. The van der Waals surface area contributed by atoms with Crippen LogP contribution >= 0.6 is 0 Å². The third-order valence-electron chi connectivity index (χ3n) is 20.5. The summed E-state index contributed by atoms with van der Waals surface area (Å²) in [7, 11) is 0. The van der Waals surface area contributed by atoms with Gasteiger partial charge in [0.05, 0.1) is 6.61 Å². The minimum atomic E-state index is 0.338. The van der Waals surface area contributed by atoms with Gasteiger partial charge in [0.15, 0.2) is 0 Å². The molecule has 1 heterocycles. The van der Waals surface area contributed by atoms with E-state index in [1.165, 1.54) is 77.0 Å². The van der Waals surface area contributed by atoms with Crippen LogP contribution in [0.2, 0.25) is 0 Å². The van der Waals surface area contributed by atoms with Gasteiger partial charge in [0, 0.05) is 22.0 Å². The average Bonchev–Trinajstić information content (AvgIpc) is 3.89. The van der Waals surface area contributed by atoms with Crippen LogP contribution in [0, 0.1) is 71.0 Å². The topological polar surface area (TPSA) is 21.8 Å². The second-order valence-electron chi connectivity index (χ2n) is 24.1. The van der Waals surface area contributed by atoms with Crippen LogP contribution in [-0.4, -0.2) is 19.3 Å². The van der Waals surface area contributed by atoms with Gasteiger partial charge >= 0.3 is 0 Å². The standard InChI is InChI=1S/C49H66O2/c1-28-2-30-3-29(1)15-46(14-28,16-30)41-13-42(47-17-31-4-32(18-47)6-33(5-31)19-47)44(49-23-37-10-38(24-49)12-39(11-37)25-49)45(51-27-40-26-50-40)43(41)48-20-34-7-35(21-48)9-36(8-34)22-48/h13,28-40H,1-12,14-27H2. The molecule has 0 aromatic heterocycles. The maximum atomic E-state index is 7.85. The molecule has 16 saturated carbocycles. The normalized spacial score (nSPS) is 57.1. The van der Waals surface area contributed by atoms with E-state index in [2.05, 4.69) is 6.07 Å². The summed E-state index contributed by atoms with van der Waals surface area (Å²) in [5, 5.41) is 0. The van der Waals surface area contributed by atoms with E-state index in [0.717, 1.165) is 84.2 Å². The maximum absolute atomic E-state index is 7.85. The fourth-order valence-corrected chi connectivity index (χ4v) is 20.7. The van der Waals surface area contributed by atoms with Crippen molar-refractivity contribution in [2.45, 2.75) is 182 Å². The van der Waals surface area contributed by atoms with Crippen molar-refractivity contribution in [3.63, 3.8) is 0 Å². The molecule has 2 nitrogen and oxygen atoms in total. The predicted octanol–water partition coefficient (Wildman–Crippen LogP) is 11.3. The predicted molar refractivity (Wildman–Crippen MR) is 201 cm³/mol. The Morgan fingerprint density at radius 3 is 0.922 bits per heavy atom. The molecule has 16 bridgehead atoms. The molecule has 51 heavy (non-hydrogen) atoms. The van der Waals surface area contributed by atoms with Gasteiger partial charge in [-0.05, 0) is 247 Å². The van der Waals surface area contributed by atoms with Gasteiger partial charge < -0.3 is 9.47 Å². The Morgan fingerprint density at radius 1 is 0.412 bits per heavy atom. The summed E-state index contributed by atoms with van der Waals surface area (Å²) < 4.78 is 13.9.